The Morgan fingerprint density at radius 1 is 1.14 bits per heavy atom. The molecule has 0 bridgehead atoms. The molecule has 4 rings (SSSR count). The fourth-order valence-corrected chi connectivity index (χ4v) is 4.25. The number of nitrogens with zero attached hydrogens (tertiary/aromatic N) is 5. The highest BCUT2D eigenvalue weighted by atomic mass is 32.1. The number of pyridine rings is 1. The molecule has 1 N–H and O–H groups in total. The first-order valence-electron chi connectivity index (χ1n) is 9.61. The third kappa shape index (κ3) is 3.77. The molecule has 8 heteroatoms. The standard InChI is InChI=1S/C20H24N6OS/c1-3-6-21-19(27)15-4-5-17(22-12-15)25-7-9-26(10-8-25)18-16-11-14(2)28-20(16)24-13-23-18/h4-5,11-13H,3,6-10H2,1-2H3,(H,21,27). The van der Waals surface area contributed by atoms with Crippen LogP contribution in [0, 0.1) is 6.92 Å². The van der Waals surface area contributed by atoms with E-state index >= 15 is 0 Å². The number of hydrogen-bond donors (Lipinski definition) is 1. The van der Waals surface area contributed by atoms with Crippen LogP contribution in [-0.2, 0) is 0 Å². The van der Waals surface area contributed by atoms with Gasteiger partial charge in [0.15, 0.2) is 0 Å². The van der Waals surface area contributed by atoms with Gasteiger partial charge in [-0.1, -0.05) is 6.92 Å². The number of hydrogen-bond acceptors (Lipinski definition) is 7. The van der Waals surface area contributed by atoms with E-state index in [1.165, 1.54) is 4.88 Å². The molecule has 0 atom stereocenters. The molecule has 1 amide bonds. The lowest BCUT2D eigenvalue weighted by Crippen LogP contribution is -2.47. The average Bonchev–Trinajstić information content (AvgIpc) is 3.12. The van der Waals surface area contributed by atoms with Gasteiger partial charge in [-0.3, -0.25) is 4.79 Å². The number of fused-ring (bicyclic) bond motifs is 1. The fourth-order valence-electron chi connectivity index (χ4n) is 3.41. The molecular formula is C20H24N6OS. The predicted molar refractivity (Wildman–Crippen MR) is 113 cm³/mol. The molecule has 0 radical (unpaired) electrons. The number of carbonyl (C=O) groups excluding carboxylic acids is 1. The zero-order chi connectivity index (χ0) is 19.5. The summed E-state index contributed by atoms with van der Waals surface area (Å²) in [5.74, 6) is 1.86. The Kier molecular flexibility index (Phi) is 5.38. The van der Waals surface area contributed by atoms with Gasteiger partial charge in [0, 0.05) is 43.8 Å². The molecule has 0 aromatic carbocycles. The van der Waals surface area contributed by atoms with E-state index in [-0.39, 0.29) is 5.91 Å². The zero-order valence-corrected chi connectivity index (χ0v) is 17.0. The number of nitrogens with one attached hydrogen (secondary N) is 1. The van der Waals surface area contributed by atoms with Crippen molar-refractivity contribution in [3.05, 3.63) is 41.2 Å². The lowest BCUT2D eigenvalue weighted by atomic mass is 10.2. The fraction of sp³-hybridized carbons (Fsp3) is 0.400. The largest absolute Gasteiger partial charge is 0.353 e. The highest BCUT2D eigenvalue weighted by molar-refractivity contribution is 7.18. The van der Waals surface area contributed by atoms with Gasteiger partial charge in [-0.15, -0.1) is 11.3 Å². The minimum Gasteiger partial charge on any atom is -0.353 e. The van der Waals surface area contributed by atoms with Crippen molar-refractivity contribution in [1.29, 1.82) is 0 Å². The summed E-state index contributed by atoms with van der Waals surface area (Å²) in [5.41, 5.74) is 0.604. The molecule has 0 saturated carbocycles. The smallest absolute Gasteiger partial charge is 0.252 e. The van der Waals surface area contributed by atoms with Gasteiger partial charge in [-0.05, 0) is 31.5 Å². The van der Waals surface area contributed by atoms with Gasteiger partial charge in [-0.25, -0.2) is 15.0 Å². The number of carbonyl (C=O) groups is 1. The molecule has 0 unspecified atom stereocenters. The van der Waals surface area contributed by atoms with E-state index in [4.69, 9.17) is 0 Å². The minimum absolute atomic E-state index is 0.0652. The van der Waals surface area contributed by atoms with Gasteiger partial charge in [-0.2, -0.15) is 0 Å². The number of amides is 1. The summed E-state index contributed by atoms with van der Waals surface area (Å²) >= 11 is 1.71. The van der Waals surface area contributed by atoms with E-state index < -0.39 is 0 Å². The monoisotopic (exact) mass is 396 g/mol. The van der Waals surface area contributed by atoms with Crippen molar-refractivity contribution in [3.8, 4) is 0 Å². The van der Waals surface area contributed by atoms with Gasteiger partial charge >= 0.3 is 0 Å². The molecule has 1 fully saturated rings. The second-order valence-corrected chi connectivity index (χ2v) is 8.14. The Morgan fingerprint density at radius 3 is 2.64 bits per heavy atom. The van der Waals surface area contributed by atoms with Crippen molar-refractivity contribution >= 4 is 39.1 Å². The summed E-state index contributed by atoms with van der Waals surface area (Å²) in [6.45, 7) is 8.30. The van der Waals surface area contributed by atoms with Crippen LogP contribution in [0.4, 0.5) is 11.6 Å². The molecule has 0 aliphatic carbocycles. The van der Waals surface area contributed by atoms with Gasteiger partial charge in [0.2, 0.25) is 0 Å². The Morgan fingerprint density at radius 2 is 1.93 bits per heavy atom. The first kappa shape index (κ1) is 18.6. The Labute approximate surface area is 168 Å². The lowest BCUT2D eigenvalue weighted by Gasteiger charge is -2.36. The van der Waals surface area contributed by atoms with Crippen LogP contribution in [0.25, 0.3) is 10.2 Å². The molecule has 3 aromatic heterocycles. The highest BCUT2D eigenvalue weighted by Crippen LogP contribution is 2.30. The van der Waals surface area contributed by atoms with Crippen LogP contribution in [0.15, 0.2) is 30.7 Å². The van der Waals surface area contributed by atoms with Crippen LogP contribution in [0.2, 0.25) is 0 Å². The summed E-state index contributed by atoms with van der Waals surface area (Å²) in [7, 11) is 0. The minimum atomic E-state index is -0.0652. The van der Waals surface area contributed by atoms with Gasteiger partial charge in [0.1, 0.15) is 22.8 Å². The van der Waals surface area contributed by atoms with Crippen molar-refractivity contribution in [2.24, 2.45) is 0 Å². The summed E-state index contributed by atoms with van der Waals surface area (Å²) in [6.07, 6.45) is 4.24. The second kappa shape index (κ2) is 8.10. The zero-order valence-electron chi connectivity index (χ0n) is 16.2. The number of aryl methyl sites for hydroxylation is 1. The molecule has 146 valence electrons. The van der Waals surface area contributed by atoms with Crippen LogP contribution in [-0.4, -0.2) is 53.6 Å². The van der Waals surface area contributed by atoms with Crippen LogP contribution in [0.5, 0.6) is 0 Å². The summed E-state index contributed by atoms with van der Waals surface area (Å²) in [5, 5.41) is 4.02. The molecule has 0 spiro atoms. The van der Waals surface area contributed by atoms with Gasteiger partial charge < -0.3 is 15.1 Å². The molecule has 7 nitrogen and oxygen atoms in total. The summed E-state index contributed by atoms with van der Waals surface area (Å²) < 4.78 is 0. The van der Waals surface area contributed by atoms with Crippen LogP contribution in [0.1, 0.15) is 28.6 Å². The third-order valence-corrected chi connectivity index (χ3v) is 5.84. The van der Waals surface area contributed by atoms with E-state index in [1.807, 2.05) is 19.1 Å². The molecule has 1 aliphatic rings. The van der Waals surface area contributed by atoms with Crippen LogP contribution >= 0.6 is 11.3 Å². The van der Waals surface area contributed by atoms with E-state index in [2.05, 4.69) is 43.1 Å². The molecule has 28 heavy (non-hydrogen) atoms. The molecule has 1 aliphatic heterocycles. The predicted octanol–water partition coefficient (Wildman–Crippen LogP) is 2.86. The first-order valence-corrected chi connectivity index (χ1v) is 10.4. The molecular weight excluding hydrogens is 372 g/mol. The number of rotatable bonds is 5. The van der Waals surface area contributed by atoms with Crippen molar-refractivity contribution < 1.29 is 4.79 Å². The first-order chi connectivity index (χ1) is 13.7. The number of aromatic nitrogens is 3. The average molecular weight is 397 g/mol. The maximum absolute atomic E-state index is 12.0. The van der Waals surface area contributed by atoms with Crippen molar-refractivity contribution in [3.63, 3.8) is 0 Å². The van der Waals surface area contributed by atoms with E-state index in [1.54, 1.807) is 23.9 Å². The third-order valence-electron chi connectivity index (χ3n) is 4.88. The molecule has 4 heterocycles. The normalized spacial score (nSPS) is 14.5. The highest BCUT2D eigenvalue weighted by Gasteiger charge is 2.21. The van der Waals surface area contributed by atoms with Gasteiger partial charge in [0.25, 0.3) is 5.91 Å². The lowest BCUT2D eigenvalue weighted by molar-refractivity contribution is 0.0953. The van der Waals surface area contributed by atoms with E-state index in [0.717, 1.165) is 54.5 Å². The Bertz CT molecular complexity index is 962. The van der Waals surface area contributed by atoms with Crippen LogP contribution < -0.4 is 15.1 Å². The van der Waals surface area contributed by atoms with Crippen LogP contribution in [0.3, 0.4) is 0 Å². The quantitative estimate of drug-likeness (QED) is 0.715. The van der Waals surface area contributed by atoms with Crippen molar-refractivity contribution in [2.45, 2.75) is 20.3 Å². The van der Waals surface area contributed by atoms with E-state index in [9.17, 15) is 4.79 Å². The van der Waals surface area contributed by atoms with Gasteiger partial charge in [0.05, 0.1) is 10.9 Å². The van der Waals surface area contributed by atoms with E-state index in [0.29, 0.717) is 12.1 Å². The SMILES string of the molecule is CCCNC(=O)c1ccc(N2CCN(c3ncnc4sc(C)cc34)CC2)nc1. The summed E-state index contributed by atoms with van der Waals surface area (Å²) in [4.78, 5) is 32.3. The maximum atomic E-state index is 12.0. The topological polar surface area (TPSA) is 74.2 Å². The summed E-state index contributed by atoms with van der Waals surface area (Å²) in [6, 6.07) is 5.95. The Balaban J connectivity index is 1.42. The van der Waals surface area contributed by atoms with Crippen molar-refractivity contribution in [2.75, 3.05) is 42.5 Å². The molecule has 1 saturated heterocycles. The number of anilines is 2. The Hall–Kier alpha value is -2.74. The second-order valence-electron chi connectivity index (χ2n) is 6.91. The number of piperazine rings is 1. The molecule has 3 aromatic rings. The number of thiophene rings is 1. The maximum Gasteiger partial charge on any atom is 0.252 e. The van der Waals surface area contributed by atoms with Crippen molar-refractivity contribution in [1.82, 2.24) is 20.3 Å².